The van der Waals surface area contributed by atoms with Crippen molar-refractivity contribution >= 4 is 5.69 Å². The second-order valence-corrected chi connectivity index (χ2v) is 4.23. The lowest BCUT2D eigenvalue weighted by atomic mass is 9.84. The normalized spacial score (nSPS) is 19.4. The van der Waals surface area contributed by atoms with Gasteiger partial charge in [0.1, 0.15) is 5.75 Å². The first kappa shape index (κ1) is 11.2. The Hall–Kier alpha value is -1.26. The monoisotopic (exact) mass is 222 g/mol. The summed E-state index contributed by atoms with van der Waals surface area (Å²) in [5.74, 6) is 0.733. The number of hydrogen-bond donors (Lipinski definition) is 3. The van der Waals surface area contributed by atoms with Crippen LogP contribution in [0.15, 0.2) is 18.2 Å². The van der Waals surface area contributed by atoms with Gasteiger partial charge in [0.15, 0.2) is 0 Å². The molecule has 0 amide bonds. The molecule has 1 heterocycles. The van der Waals surface area contributed by atoms with Crippen molar-refractivity contribution < 1.29 is 9.84 Å². The van der Waals surface area contributed by atoms with Crippen LogP contribution in [0.4, 0.5) is 5.69 Å². The summed E-state index contributed by atoms with van der Waals surface area (Å²) in [5.41, 5.74) is 6.52. The Bertz CT molecular complexity index is 373. The second kappa shape index (κ2) is 4.31. The second-order valence-electron chi connectivity index (χ2n) is 4.23. The molecule has 0 spiro atoms. The van der Waals surface area contributed by atoms with Crippen LogP contribution in [0.2, 0.25) is 0 Å². The van der Waals surface area contributed by atoms with Gasteiger partial charge in [0, 0.05) is 11.3 Å². The Labute approximate surface area is 95.4 Å². The van der Waals surface area contributed by atoms with E-state index in [9.17, 15) is 5.11 Å². The van der Waals surface area contributed by atoms with E-state index in [0.717, 1.165) is 24.4 Å². The summed E-state index contributed by atoms with van der Waals surface area (Å²) in [7, 11) is 1.61. The summed E-state index contributed by atoms with van der Waals surface area (Å²) in [5, 5.41) is 13.8. The maximum absolute atomic E-state index is 10.6. The van der Waals surface area contributed by atoms with Crippen molar-refractivity contribution in [1.82, 2.24) is 5.32 Å². The molecular formula is C12H18N2O2. The van der Waals surface area contributed by atoms with Crippen LogP contribution in [-0.2, 0) is 5.60 Å². The molecule has 0 bridgehead atoms. The molecule has 1 aliphatic heterocycles. The van der Waals surface area contributed by atoms with E-state index in [0.29, 0.717) is 18.5 Å². The quantitative estimate of drug-likeness (QED) is 0.649. The fourth-order valence-corrected chi connectivity index (χ4v) is 2.18. The van der Waals surface area contributed by atoms with E-state index < -0.39 is 5.60 Å². The zero-order valence-corrected chi connectivity index (χ0v) is 9.49. The third kappa shape index (κ3) is 1.99. The average Bonchev–Trinajstić information content (AvgIpc) is 2.30. The van der Waals surface area contributed by atoms with Gasteiger partial charge in [-0.3, -0.25) is 0 Å². The van der Waals surface area contributed by atoms with Crippen molar-refractivity contribution in [1.29, 1.82) is 0 Å². The standard InChI is InChI=1S/C12H18N2O2/c1-16-9-2-3-11(13)10(8-9)12(15)4-6-14-7-5-12/h2-3,8,14-15H,4-7,13H2,1H3. The predicted molar refractivity (Wildman–Crippen MR) is 63.4 cm³/mol. The third-order valence-electron chi connectivity index (χ3n) is 3.19. The van der Waals surface area contributed by atoms with Crippen molar-refractivity contribution in [3.63, 3.8) is 0 Å². The minimum atomic E-state index is -0.816. The zero-order chi connectivity index (χ0) is 11.6. The van der Waals surface area contributed by atoms with Gasteiger partial charge in [0.05, 0.1) is 12.7 Å². The molecular weight excluding hydrogens is 204 g/mol. The molecule has 16 heavy (non-hydrogen) atoms. The van der Waals surface area contributed by atoms with Crippen LogP contribution in [0.3, 0.4) is 0 Å². The van der Waals surface area contributed by atoms with Crippen LogP contribution in [0, 0.1) is 0 Å². The fraction of sp³-hybridized carbons (Fsp3) is 0.500. The van der Waals surface area contributed by atoms with Gasteiger partial charge in [-0.15, -0.1) is 0 Å². The molecule has 2 rings (SSSR count). The van der Waals surface area contributed by atoms with Gasteiger partial charge in [0.2, 0.25) is 0 Å². The van der Waals surface area contributed by atoms with Gasteiger partial charge in [-0.2, -0.15) is 0 Å². The molecule has 1 aromatic carbocycles. The van der Waals surface area contributed by atoms with Crippen molar-refractivity contribution in [3.8, 4) is 5.75 Å². The van der Waals surface area contributed by atoms with Crippen LogP contribution >= 0.6 is 0 Å². The first-order chi connectivity index (χ1) is 7.65. The van der Waals surface area contributed by atoms with E-state index in [-0.39, 0.29) is 0 Å². The third-order valence-corrected chi connectivity index (χ3v) is 3.19. The summed E-state index contributed by atoms with van der Waals surface area (Å²) in [6.07, 6.45) is 1.37. The Balaban J connectivity index is 2.37. The first-order valence-electron chi connectivity index (χ1n) is 5.53. The molecule has 1 saturated heterocycles. The number of nitrogen functional groups attached to an aromatic ring is 1. The molecule has 88 valence electrons. The highest BCUT2D eigenvalue weighted by molar-refractivity contribution is 5.53. The van der Waals surface area contributed by atoms with E-state index in [1.165, 1.54) is 0 Å². The average molecular weight is 222 g/mol. The lowest BCUT2D eigenvalue weighted by Crippen LogP contribution is -2.40. The highest BCUT2D eigenvalue weighted by Gasteiger charge is 2.33. The molecule has 0 unspecified atom stereocenters. The van der Waals surface area contributed by atoms with E-state index in [1.807, 2.05) is 12.1 Å². The van der Waals surface area contributed by atoms with Crippen LogP contribution in [0.5, 0.6) is 5.75 Å². The maximum Gasteiger partial charge on any atom is 0.119 e. The number of benzene rings is 1. The van der Waals surface area contributed by atoms with Gasteiger partial charge in [-0.05, 0) is 44.1 Å². The molecule has 1 aromatic rings. The smallest absolute Gasteiger partial charge is 0.119 e. The number of hydrogen-bond acceptors (Lipinski definition) is 4. The molecule has 1 aliphatic rings. The molecule has 1 fully saturated rings. The van der Waals surface area contributed by atoms with Crippen LogP contribution in [-0.4, -0.2) is 25.3 Å². The van der Waals surface area contributed by atoms with E-state index in [4.69, 9.17) is 10.5 Å². The van der Waals surface area contributed by atoms with Crippen LogP contribution < -0.4 is 15.8 Å². The summed E-state index contributed by atoms with van der Waals surface area (Å²) >= 11 is 0. The van der Waals surface area contributed by atoms with Crippen molar-refractivity contribution in [2.75, 3.05) is 25.9 Å². The van der Waals surface area contributed by atoms with E-state index in [1.54, 1.807) is 13.2 Å². The number of nitrogens with one attached hydrogen (secondary N) is 1. The number of rotatable bonds is 2. The summed E-state index contributed by atoms with van der Waals surface area (Å²) in [6, 6.07) is 5.43. The Morgan fingerprint density at radius 1 is 1.38 bits per heavy atom. The molecule has 0 aromatic heterocycles. The summed E-state index contributed by atoms with van der Waals surface area (Å²) < 4.78 is 5.16. The number of nitrogens with two attached hydrogens (primary N) is 1. The van der Waals surface area contributed by atoms with E-state index >= 15 is 0 Å². The molecule has 4 nitrogen and oxygen atoms in total. The van der Waals surface area contributed by atoms with Gasteiger partial charge in [-0.25, -0.2) is 0 Å². The number of piperidine rings is 1. The van der Waals surface area contributed by atoms with Gasteiger partial charge >= 0.3 is 0 Å². The van der Waals surface area contributed by atoms with Crippen molar-refractivity contribution in [2.24, 2.45) is 0 Å². The lowest BCUT2D eigenvalue weighted by Gasteiger charge is -2.34. The zero-order valence-electron chi connectivity index (χ0n) is 9.49. The van der Waals surface area contributed by atoms with E-state index in [2.05, 4.69) is 5.32 Å². The SMILES string of the molecule is COc1ccc(N)c(C2(O)CCNCC2)c1. The van der Waals surface area contributed by atoms with Gasteiger partial charge < -0.3 is 20.9 Å². The molecule has 4 N–H and O–H groups in total. The minimum absolute atomic E-state index is 0.630. The van der Waals surface area contributed by atoms with Gasteiger partial charge in [-0.1, -0.05) is 0 Å². The minimum Gasteiger partial charge on any atom is -0.497 e. The van der Waals surface area contributed by atoms with Gasteiger partial charge in [0.25, 0.3) is 0 Å². The molecule has 0 atom stereocenters. The Kier molecular flexibility index (Phi) is 3.03. The number of methoxy groups -OCH3 is 1. The molecule has 0 radical (unpaired) electrons. The number of ether oxygens (including phenoxy) is 1. The maximum atomic E-state index is 10.6. The highest BCUT2D eigenvalue weighted by atomic mass is 16.5. The van der Waals surface area contributed by atoms with Crippen LogP contribution in [0.1, 0.15) is 18.4 Å². The lowest BCUT2D eigenvalue weighted by molar-refractivity contribution is 0.00649. The number of aliphatic hydroxyl groups is 1. The van der Waals surface area contributed by atoms with Crippen molar-refractivity contribution in [3.05, 3.63) is 23.8 Å². The Morgan fingerprint density at radius 3 is 2.69 bits per heavy atom. The highest BCUT2D eigenvalue weighted by Crippen LogP contribution is 2.36. The molecule has 0 aliphatic carbocycles. The molecule has 4 heteroatoms. The van der Waals surface area contributed by atoms with Crippen molar-refractivity contribution in [2.45, 2.75) is 18.4 Å². The predicted octanol–water partition coefficient (Wildman–Crippen LogP) is 0.848. The number of anilines is 1. The van der Waals surface area contributed by atoms with Crippen LogP contribution in [0.25, 0.3) is 0 Å². The topological polar surface area (TPSA) is 67.5 Å². The Morgan fingerprint density at radius 2 is 2.06 bits per heavy atom. The summed E-state index contributed by atoms with van der Waals surface area (Å²) in [6.45, 7) is 1.63. The fourth-order valence-electron chi connectivity index (χ4n) is 2.18. The largest absolute Gasteiger partial charge is 0.497 e. The molecule has 0 saturated carbocycles. The summed E-state index contributed by atoms with van der Waals surface area (Å²) in [4.78, 5) is 0. The first-order valence-corrected chi connectivity index (χ1v) is 5.53.